The van der Waals surface area contributed by atoms with Crippen LogP contribution in [0, 0.1) is 35.5 Å². The van der Waals surface area contributed by atoms with E-state index >= 15 is 0 Å². The number of carbonyl (C=O) groups is 2. The number of imide groups is 1. The minimum Gasteiger partial charge on any atom is -0.496 e. The molecule has 1 aromatic rings. The van der Waals surface area contributed by atoms with E-state index in [9.17, 15) is 22.8 Å². The third-order valence-corrected chi connectivity index (χ3v) is 6.89. The number of amides is 2. The van der Waals surface area contributed by atoms with Crippen LogP contribution in [0.3, 0.4) is 0 Å². The van der Waals surface area contributed by atoms with Gasteiger partial charge in [0.25, 0.3) is 0 Å². The number of nitrogens with zero attached hydrogens (tertiary/aromatic N) is 1. The zero-order valence-electron chi connectivity index (χ0n) is 14.1. The van der Waals surface area contributed by atoms with E-state index in [-0.39, 0.29) is 46.9 Å². The van der Waals surface area contributed by atoms with Crippen molar-refractivity contribution in [2.24, 2.45) is 35.5 Å². The number of ether oxygens (including phenoxy) is 1. The Morgan fingerprint density at radius 1 is 1.00 bits per heavy atom. The van der Waals surface area contributed by atoms with Gasteiger partial charge in [-0.3, -0.25) is 14.5 Å². The third kappa shape index (κ3) is 1.97. The van der Waals surface area contributed by atoms with Crippen molar-refractivity contribution in [3.63, 3.8) is 0 Å². The fourth-order valence-corrected chi connectivity index (χ4v) is 5.85. The zero-order chi connectivity index (χ0) is 18.4. The molecule has 0 spiro atoms. The molecule has 1 saturated heterocycles. The Balaban J connectivity index is 1.55. The summed E-state index contributed by atoms with van der Waals surface area (Å²) >= 11 is 0. The highest BCUT2D eigenvalue weighted by molar-refractivity contribution is 6.22. The summed E-state index contributed by atoms with van der Waals surface area (Å²) < 4.78 is 44.7. The van der Waals surface area contributed by atoms with Gasteiger partial charge in [0.15, 0.2) is 0 Å². The van der Waals surface area contributed by atoms with Crippen LogP contribution in [0.15, 0.2) is 18.2 Å². The van der Waals surface area contributed by atoms with Gasteiger partial charge in [0.2, 0.25) is 11.8 Å². The van der Waals surface area contributed by atoms with Crippen LogP contribution < -0.4 is 9.64 Å². The molecule has 0 N–H and O–H groups in total. The Kier molecular flexibility index (Phi) is 3.12. The van der Waals surface area contributed by atoms with Crippen LogP contribution >= 0.6 is 0 Å². The molecule has 26 heavy (non-hydrogen) atoms. The average molecular weight is 365 g/mol. The predicted molar refractivity (Wildman–Crippen MR) is 85.3 cm³/mol. The molecule has 2 amide bonds. The summed E-state index contributed by atoms with van der Waals surface area (Å²) in [5, 5.41) is 0. The second kappa shape index (κ2) is 5.02. The lowest BCUT2D eigenvalue weighted by Crippen LogP contribution is -2.43. The fourth-order valence-electron chi connectivity index (χ4n) is 5.85. The molecular weight excluding hydrogens is 347 g/mol. The maximum Gasteiger partial charge on any atom is 0.420 e. The van der Waals surface area contributed by atoms with Gasteiger partial charge >= 0.3 is 6.18 Å². The number of carbonyl (C=O) groups excluding carboxylic acids is 2. The van der Waals surface area contributed by atoms with E-state index in [1.165, 1.54) is 12.1 Å². The summed E-state index contributed by atoms with van der Waals surface area (Å²) in [5.74, 6) is -0.145. The maximum absolute atomic E-state index is 13.3. The van der Waals surface area contributed by atoms with E-state index in [0.717, 1.165) is 37.3 Å². The number of rotatable bonds is 2. The van der Waals surface area contributed by atoms with Crippen LogP contribution in [0.5, 0.6) is 5.75 Å². The van der Waals surface area contributed by atoms with Crippen molar-refractivity contribution in [2.45, 2.75) is 25.4 Å². The van der Waals surface area contributed by atoms with Gasteiger partial charge in [0.1, 0.15) is 5.75 Å². The molecule has 1 heterocycles. The molecular formula is C19H18F3NO3. The molecule has 6 atom stereocenters. The van der Waals surface area contributed by atoms with Gasteiger partial charge in [-0.15, -0.1) is 0 Å². The molecule has 7 heteroatoms. The fraction of sp³-hybridized carbons (Fsp3) is 0.579. The summed E-state index contributed by atoms with van der Waals surface area (Å²) in [5.41, 5.74) is -0.977. The second-order valence-electron chi connectivity index (χ2n) is 7.91. The number of fused-ring (bicyclic) bond motifs is 1. The first kappa shape index (κ1) is 16.1. The van der Waals surface area contributed by atoms with Gasteiger partial charge in [-0.25, -0.2) is 0 Å². The third-order valence-electron chi connectivity index (χ3n) is 6.89. The normalized spacial score (nSPS) is 37.6. The van der Waals surface area contributed by atoms with Crippen LogP contribution in [0.2, 0.25) is 0 Å². The first-order valence-electron chi connectivity index (χ1n) is 8.96. The van der Waals surface area contributed by atoms with E-state index in [1.54, 1.807) is 0 Å². The molecule has 1 aromatic carbocycles. The molecule has 4 aliphatic carbocycles. The summed E-state index contributed by atoms with van der Waals surface area (Å²) in [6, 6.07) is 3.39. The van der Waals surface area contributed by atoms with E-state index in [4.69, 9.17) is 4.74 Å². The smallest absolute Gasteiger partial charge is 0.420 e. The van der Waals surface area contributed by atoms with Crippen LogP contribution in [0.1, 0.15) is 24.8 Å². The lowest BCUT2D eigenvalue weighted by Gasteiger charge is -2.42. The Morgan fingerprint density at radius 2 is 1.58 bits per heavy atom. The topological polar surface area (TPSA) is 46.6 Å². The van der Waals surface area contributed by atoms with Gasteiger partial charge in [-0.05, 0) is 61.1 Å². The summed E-state index contributed by atoms with van der Waals surface area (Å²) in [7, 11) is 1.16. The lowest BCUT2D eigenvalue weighted by molar-refractivity contribution is -0.139. The molecule has 2 bridgehead atoms. The second-order valence-corrected chi connectivity index (χ2v) is 7.91. The highest BCUT2D eigenvalue weighted by Gasteiger charge is 2.68. The molecule has 0 radical (unpaired) electrons. The first-order chi connectivity index (χ1) is 12.3. The number of methoxy groups -OCH3 is 1. The summed E-state index contributed by atoms with van der Waals surface area (Å²) in [6.45, 7) is 0. The first-order valence-corrected chi connectivity index (χ1v) is 8.96. The van der Waals surface area contributed by atoms with E-state index < -0.39 is 11.7 Å². The zero-order valence-corrected chi connectivity index (χ0v) is 14.1. The molecule has 0 aromatic heterocycles. The Labute approximate surface area is 148 Å². The molecule has 5 fully saturated rings. The van der Waals surface area contributed by atoms with Crippen molar-refractivity contribution in [2.75, 3.05) is 12.0 Å². The highest BCUT2D eigenvalue weighted by atomic mass is 19.4. The number of hydrogen-bond donors (Lipinski definition) is 0. The number of anilines is 1. The Bertz CT molecular complexity index is 787. The molecule has 4 nitrogen and oxygen atoms in total. The van der Waals surface area contributed by atoms with Gasteiger partial charge in [-0.2, -0.15) is 13.2 Å². The SMILES string of the molecule is COc1ccc(N2C(=O)[C@@H]3[C@@H]4CC[C@@H]([C@H]5C[C@H]54)[C@@H]3C2=O)cc1C(F)(F)F. The number of halogens is 3. The maximum atomic E-state index is 13.3. The van der Waals surface area contributed by atoms with Gasteiger partial charge < -0.3 is 4.74 Å². The van der Waals surface area contributed by atoms with Crippen molar-refractivity contribution in [1.29, 1.82) is 0 Å². The minimum absolute atomic E-state index is 0.00408. The monoisotopic (exact) mass is 365 g/mol. The number of alkyl halides is 3. The molecule has 1 aliphatic heterocycles. The predicted octanol–water partition coefficient (Wildman–Crippen LogP) is 3.50. The molecule has 138 valence electrons. The highest BCUT2D eigenvalue weighted by Crippen LogP contribution is 2.68. The van der Waals surface area contributed by atoms with Crippen LogP contribution in [0.25, 0.3) is 0 Å². The van der Waals surface area contributed by atoms with Crippen molar-refractivity contribution in [3.05, 3.63) is 23.8 Å². The minimum atomic E-state index is -4.62. The molecule has 0 unspecified atom stereocenters. The molecule has 6 rings (SSSR count). The van der Waals surface area contributed by atoms with Gasteiger partial charge in [0, 0.05) is 0 Å². The average Bonchev–Trinajstić information content (AvgIpc) is 3.38. The van der Waals surface area contributed by atoms with Crippen molar-refractivity contribution >= 4 is 17.5 Å². The van der Waals surface area contributed by atoms with E-state index in [1.807, 2.05) is 0 Å². The van der Waals surface area contributed by atoms with Crippen molar-refractivity contribution in [1.82, 2.24) is 0 Å². The van der Waals surface area contributed by atoms with E-state index in [2.05, 4.69) is 0 Å². The van der Waals surface area contributed by atoms with Crippen LogP contribution in [-0.4, -0.2) is 18.9 Å². The summed E-state index contributed by atoms with van der Waals surface area (Å²) in [4.78, 5) is 27.0. The Hall–Kier alpha value is -2.05. The number of hydrogen-bond acceptors (Lipinski definition) is 3. The van der Waals surface area contributed by atoms with Gasteiger partial charge in [-0.1, -0.05) is 0 Å². The van der Waals surface area contributed by atoms with Crippen LogP contribution in [-0.2, 0) is 15.8 Å². The van der Waals surface area contributed by atoms with Crippen molar-refractivity contribution in [3.8, 4) is 5.75 Å². The lowest BCUT2D eigenvalue weighted by atomic mass is 9.59. The van der Waals surface area contributed by atoms with E-state index in [0.29, 0.717) is 11.8 Å². The van der Waals surface area contributed by atoms with Crippen molar-refractivity contribution < 1.29 is 27.5 Å². The molecule has 5 aliphatic rings. The largest absolute Gasteiger partial charge is 0.496 e. The van der Waals surface area contributed by atoms with Crippen LogP contribution in [0.4, 0.5) is 18.9 Å². The molecule has 4 saturated carbocycles. The quantitative estimate of drug-likeness (QED) is 0.754. The van der Waals surface area contributed by atoms with Gasteiger partial charge in [0.05, 0.1) is 30.2 Å². The standard InChI is InChI=1S/C19H18F3NO3/c1-26-14-5-2-8(6-13(14)19(20,21)22)23-17(24)15-9-3-4-10(12-7-11(9)12)16(15)18(23)25/h2,5-6,9-12,15-16H,3-4,7H2,1H3/t9-,10+,11+,12-,15-,16+. The number of benzene rings is 1. The Morgan fingerprint density at radius 3 is 2.08 bits per heavy atom. The summed E-state index contributed by atoms with van der Waals surface area (Å²) in [6.07, 6.45) is -1.61.